The lowest BCUT2D eigenvalue weighted by Crippen LogP contribution is -2.02. The third-order valence-electron chi connectivity index (χ3n) is 2.58. The molecule has 2 rings (SSSR count). The first-order valence-electron chi connectivity index (χ1n) is 5.43. The maximum Gasteiger partial charge on any atom is 0.126 e. The lowest BCUT2D eigenvalue weighted by molar-refractivity contribution is 0.178. The van der Waals surface area contributed by atoms with Gasteiger partial charge in [0.15, 0.2) is 0 Å². The Balaban J connectivity index is 2.18. The van der Waals surface area contributed by atoms with E-state index in [-0.39, 0.29) is 6.42 Å². The summed E-state index contributed by atoms with van der Waals surface area (Å²) in [6.07, 6.45) is -0.709. The van der Waals surface area contributed by atoms with Crippen molar-refractivity contribution in [1.82, 2.24) is 0 Å². The van der Waals surface area contributed by atoms with Crippen LogP contribution in [-0.4, -0.2) is 5.11 Å². The molecule has 0 aromatic heterocycles. The van der Waals surface area contributed by atoms with Crippen molar-refractivity contribution in [3.8, 4) is 0 Å². The first-order chi connectivity index (χ1) is 8.54. The van der Waals surface area contributed by atoms with Crippen molar-refractivity contribution in [1.29, 1.82) is 0 Å². The number of aliphatic hydroxyl groups excluding tert-OH is 1. The lowest BCUT2D eigenvalue weighted by Gasteiger charge is -2.11. The van der Waals surface area contributed by atoms with E-state index in [0.29, 0.717) is 16.1 Å². The SMILES string of the molecule is OC(Cc1cc(F)cc(F)c1)c1cccc(Cl)c1. The number of rotatable bonds is 3. The van der Waals surface area contributed by atoms with E-state index in [1.54, 1.807) is 24.3 Å². The van der Waals surface area contributed by atoms with E-state index in [2.05, 4.69) is 0 Å². The third kappa shape index (κ3) is 3.28. The van der Waals surface area contributed by atoms with Crippen LogP contribution in [-0.2, 0) is 6.42 Å². The Hall–Kier alpha value is -1.45. The molecule has 2 aromatic rings. The van der Waals surface area contributed by atoms with Crippen LogP contribution < -0.4 is 0 Å². The van der Waals surface area contributed by atoms with Crippen LogP contribution in [0.25, 0.3) is 0 Å². The van der Waals surface area contributed by atoms with Crippen LogP contribution in [0.4, 0.5) is 8.78 Å². The Morgan fingerprint density at radius 2 is 1.72 bits per heavy atom. The van der Waals surface area contributed by atoms with E-state index >= 15 is 0 Å². The molecule has 0 aliphatic heterocycles. The molecule has 0 radical (unpaired) electrons. The summed E-state index contributed by atoms with van der Waals surface area (Å²) in [6, 6.07) is 9.96. The average molecular weight is 269 g/mol. The van der Waals surface area contributed by atoms with Crippen molar-refractivity contribution in [3.63, 3.8) is 0 Å². The van der Waals surface area contributed by atoms with Gasteiger partial charge in [0.2, 0.25) is 0 Å². The highest BCUT2D eigenvalue weighted by molar-refractivity contribution is 6.30. The van der Waals surface area contributed by atoms with Gasteiger partial charge in [0.05, 0.1) is 6.10 Å². The zero-order chi connectivity index (χ0) is 13.1. The largest absolute Gasteiger partial charge is 0.388 e. The van der Waals surface area contributed by atoms with E-state index in [4.69, 9.17) is 11.6 Å². The van der Waals surface area contributed by atoms with Gasteiger partial charge < -0.3 is 5.11 Å². The van der Waals surface area contributed by atoms with Crippen LogP contribution in [0.3, 0.4) is 0 Å². The fourth-order valence-electron chi connectivity index (χ4n) is 1.78. The highest BCUT2D eigenvalue weighted by Crippen LogP contribution is 2.22. The molecule has 4 heteroatoms. The summed E-state index contributed by atoms with van der Waals surface area (Å²) >= 11 is 5.81. The fraction of sp³-hybridized carbons (Fsp3) is 0.143. The van der Waals surface area contributed by atoms with Crippen LogP contribution in [0.15, 0.2) is 42.5 Å². The van der Waals surface area contributed by atoms with E-state index in [9.17, 15) is 13.9 Å². The summed E-state index contributed by atoms with van der Waals surface area (Å²) in [5, 5.41) is 10.5. The second kappa shape index (κ2) is 5.46. The van der Waals surface area contributed by atoms with Gasteiger partial charge in [-0.25, -0.2) is 8.78 Å². The second-order valence-corrected chi connectivity index (χ2v) is 4.49. The quantitative estimate of drug-likeness (QED) is 0.895. The first-order valence-corrected chi connectivity index (χ1v) is 5.81. The van der Waals surface area contributed by atoms with Gasteiger partial charge in [-0.05, 0) is 35.4 Å². The maximum absolute atomic E-state index is 13.0. The monoisotopic (exact) mass is 268 g/mol. The number of benzene rings is 2. The number of halogens is 3. The summed E-state index contributed by atoms with van der Waals surface area (Å²) < 4.78 is 26.0. The smallest absolute Gasteiger partial charge is 0.126 e. The van der Waals surface area contributed by atoms with Gasteiger partial charge in [0.1, 0.15) is 11.6 Å². The Labute approximate surface area is 109 Å². The molecule has 0 aliphatic carbocycles. The molecule has 0 fully saturated rings. The van der Waals surface area contributed by atoms with Crippen molar-refractivity contribution < 1.29 is 13.9 Å². The van der Waals surface area contributed by atoms with E-state index < -0.39 is 17.7 Å². The average Bonchev–Trinajstić information content (AvgIpc) is 2.27. The molecule has 1 atom stereocenters. The molecule has 94 valence electrons. The molecule has 18 heavy (non-hydrogen) atoms. The zero-order valence-corrected chi connectivity index (χ0v) is 10.2. The molecule has 1 nitrogen and oxygen atoms in total. The van der Waals surface area contributed by atoms with E-state index in [1.807, 2.05) is 0 Å². The highest BCUT2D eigenvalue weighted by atomic mass is 35.5. The molecule has 0 saturated carbocycles. The third-order valence-corrected chi connectivity index (χ3v) is 2.82. The minimum Gasteiger partial charge on any atom is -0.388 e. The Bertz CT molecular complexity index is 537. The van der Waals surface area contributed by atoms with E-state index in [1.165, 1.54) is 12.1 Å². The molecule has 2 aromatic carbocycles. The Kier molecular flexibility index (Phi) is 3.94. The molecule has 1 N–H and O–H groups in total. The van der Waals surface area contributed by atoms with Gasteiger partial charge in [0, 0.05) is 17.5 Å². The lowest BCUT2D eigenvalue weighted by atomic mass is 10.0. The Morgan fingerprint density at radius 3 is 2.33 bits per heavy atom. The van der Waals surface area contributed by atoms with Crippen LogP contribution in [0.5, 0.6) is 0 Å². The molecule has 0 heterocycles. The normalized spacial score (nSPS) is 12.4. The van der Waals surface area contributed by atoms with Gasteiger partial charge in [0.25, 0.3) is 0 Å². The van der Waals surface area contributed by atoms with Crippen molar-refractivity contribution in [2.75, 3.05) is 0 Å². The fourth-order valence-corrected chi connectivity index (χ4v) is 1.98. The molecule has 0 saturated heterocycles. The minimum absolute atomic E-state index is 0.134. The topological polar surface area (TPSA) is 20.2 Å². The van der Waals surface area contributed by atoms with Crippen LogP contribution in [0, 0.1) is 11.6 Å². The summed E-state index contributed by atoms with van der Waals surface area (Å²) in [7, 11) is 0. The molecular weight excluding hydrogens is 258 g/mol. The summed E-state index contributed by atoms with van der Waals surface area (Å²) in [5.74, 6) is -1.30. The maximum atomic E-state index is 13.0. The predicted octanol–water partition coefficient (Wildman–Crippen LogP) is 3.89. The van der Waals surface area contributed by atoms with Gasteiger partial charge >= 0.3 is 0 Å². The standard InChI is InChI=1S/C14H11ClF2O/c15-11-3-1-2-10(7-11)14(18)6-9-4-12(16)8-13(17)5-9/h1-5,7-8,14,18H,6H2. The second-order valence-electron chi connectivity index (χ2n) is 4.05. The zero-order valence-electron chi connectivity index (χ0n) is 9.41. The van der Waals surface area contributed by atoms with Crippen molar-refractivity contribution >= 4 is 11.6 Å². The van der Waals surface area contributed by atoms with Gasteiger partial charge in [-0.2, -0.15) is 0 Å². The predicted molar refractivity (Wildman–Crippen MR) is 66.5 cm³/mol. The minimum atomic E-state index is -0.843. The first kappa shape index (κ1) is 13.0. The molecule has 0 bridgehead atoms. The molecule has 0 aliphatic rings. The van der Waals surface area contributed by atoms with Crippen LogP contribution in [0.1, 0.15) is 17.2 Å². The van der Waals surface area contributed by atoms with Crippen molar-refractivity contribution in [2.45, 2.75) is 12.5 Å². The molecule has 1 unspecified atom stereocenters. The summed E-state index contributed by atoms with van der Waals surface area (Å²) in [6.45, 7) is 0. The number of aliphatic hydroxyl groups is 1. The highest BCUT2D eigenvalue weighted by Gasteiger charge is 2.10. The number of hydrogen-bond donors (Lipinski definition) is 1. The number of hydrogen-bond acceptors (Lipinski definition) is 1. The summed E-state index contributed by atoms with van der Waals surface area (Å²) in [4.78, 5) is 0. The molecule has 0 spiro atoms. The van der Waals surface area contributed by atoms with Crippen LogP contribution in [0.2, 0.25) is 5.02 Å². The van der Waals surface area contributed by atoms with Crippen molar-refractivity contribution in [3.05, 3.63) is 70.2 Å². The van der Waals surface area contributed by atoms with E-state index in [0.717, 1.165) is 6.07 Å². The van der Waals surface area contributed by atoms with Gasteiger partial charge in [-0.1, -0.05) is 23.7 Å². The van der Waals surface area contributed by atoms with Gasteiger partial charge in [-0.3, -0.25) is 0 Å². The summed E-state index contributed by atoms with van der Waals surface area (Å²) in [5.41, 5.74) is 1.02. The Morgan fingerprint density at radius 1 is 1.06 bits per heavy atom. The molecular formula is C14H11ClF2O. The van der Waals surface area contributed by atoms with Crippen LogP contribution >= 0.6 is 11.6 Å². The van der Waals surface area contributed by atoms with Gasteiger partial charge in [-0.15, -0.1) is 0 Å². The van der Waals surface area contributed by atoms with Crippen molar-refractivity contribution in [2.24, 2.45) is 0 Å². The molecule has 0 amide bonds.